The lowest BCUT2D eigenvalue weighted by atomic mass is 10.2. The van der Waals surface area contributed by atoms with Crippen molar-refractivity contribution in [2.45, 2.75) is 181 Å². The number of hydrogen-bond acceptors (Lipinski definition) is 5. The zero-order chi connectivity index (χ0) is 52.0. The highest BCUT2D eigenvalue weighted by Crippen LogP contribution is 2.07. The van der Waals surface area contributed by atoms with Gasteiger partial charge in [0.1, 0.15) is 6.61 Å². The second-order valence-electron chi connectivity index (χ2n) is 17.0. The Kier molecular flexibility index (Phi) is 55.2. The second kappa shape index (κ2) is 59.8. The Hall–Kier alpha value is -5.52. The van der Waals surface area contributed by atoms with Crippen LogP contribution in [0.5, 0.6) is 0 Å². The summed E-state index contributed by atoms with van der Waals surface area (Å²) in [5.41, 5.74) is 0. The van der Waals surface area contributed by atoms with E-state index >= 15 is 0 Å². The largest absolute Gasteiger partial charge is 0.462 e. The van der Waals surface area contributed by atoms with Crippen molar-refractivity contribution in [1.29, 1.82) is 0 Å². The first-order chi connectivity index (χ1) is 35.6. The van der Waals surface area contributed by atoms with E-state index in [0.717, 1.165) is 128 Å². The van der Waals surface area contributed by atoms with Gasteiger partial charge in [0.15, 0.2) is 6.10 Å². The molecule has 5 heteroatoms. The average molecular weight is 984 g/mol. The van der Waals surface area contributed by atoms with Crippen molar-refractivity contribution in [1.82, 2.24) is 0 Å². The van der Waals surface area contributed by atoms with Crippen LogP contribution >= 0.6 is 0 Å². The van der Waals surface area contributed by atoms with Crippen molar-refractivity contribution in [2.75, 3.05) is 19.8 Å². The Morgan fingerprint density at radius 3 is 0.903 bits per heavy atom. The number of carbonyl (C=O) groups excluding carboxylic acids is 2. The molecule has 396 valence electrons. The predicted octanol–water partition coefficient (Wildman–Crippen LogP) is 19.3. The SMILES string of the molecule is CC/C=C\C/C=C\C/C=C\C/C=C\C/C=C\C/C=C\CCCOCC(COC(=O)CC/C=C\C/C=C\C/C=C\C/C=C\C/C=C\C/C=C\CC)OC(=O)CCC/C=C\C/C=C\C/C=C\C/C=C\C/C=C\CC. The lowest BCUT2D eigenvalue weighted by Crippen LogP contribution is -2.30. The van der Waals surface area contributed by atoms with E-state index in [1.165, 1.54) is 0 Å². The molecule has 0 saturated carbocycles. The van der Waals surface area contributed by atoms with E-state index in [4.69, 9.17) is 14.2 Å². The summed E-state index contributed by atoms with van der Waals surface area (Å²) in [6.07, 6.45) is 94.4. The van der Waals surface area contributed by atoms with Crippen LogP contribution in [0.1, 0.15) is 175 Å². The third-order valence-electron chi connectivity index (χ3n) is 10.3. The summed E-state index contributed by atoms with van der Waals surface area (Å²) in [7, 11) is 0. The van der Waals surface area contributed by atoms with Crippen LogP contribution in [-0.4, -0.2) is 37.9 Å². The highest BCUT2D eigenvalue weighted by molar-refractivity contribution is 5.70. The number of ether oxygens (including phenoxy) is 3. The molecule has 0 spiro atoms. The normalized spacial score (nSPS) is 13.9. The molecule has 0 aliphatic heterocycles. The minimum absolute atomic E-state index is 0.0176. The van der Waals surface area contributed by atoms with Gasteiger partial charge < -0.3 is 14.2 Å². The van der Waals surface area contributed by atoms with Gasteiger partial charge in [0.25, 0.3) is 0 Å². The summed E-state index contributed by atoms with van der Waals surface area (Å²) in [5.74, 6) is -0.616. The highest BCUT2D eigenvalue weighted by atomic mass is 16.6. The van der Waals surface area contributed by atoms with E-state index < -0.39 is 6.10 Å². The zero-order valence-electron chi connectivity index (χ0n) is 45.3. The number of carbonyl (C=O) groups is 2. The Labute approximate surface area is 441 Å². The van der Waals surface area contributed by atoms with Crippen LogP contribution in [0.2, 0.25) is 0 Å². The van der Waals surface area contributed by atoms with E-state index in [-0.39, 0.29) is 31.6 Å². The minimum atomic E-state index is -0.646. The number of esters is 2. The van der Waals surface area contributed by atoms with E-state index in [1.54, 1.807) is 0 Å². The van der Waals surface area contributed by atoms with E-state index in [1.807, 2.05) is 6.08 Å². The number of hydrogen-bond donors (Lipinski definition) is 0. The topological polar surface area (TPSA) is 61.8 Å². The van der Waals surface area contributed by atoms with Crippen LogP contribution in [-0.2, 0) is 23.8 Å². The minimum Gasteiger partial charge on any atom is -0.462 e. The molecule has 5 nitrogen and oxygen atoms in total. The predicted molar refractivity (Wildman–Crippen MR) is 315 cm³/mol. The summed E-state index contributed by atoms with van der Waals surface area (Å²) in [4.78, 5) is 25.4. The van der Waals surface area contributed by atoms with Crippen LogP contribution in [0.15, 0.2) is 207 Å². The molecule has 0 fully saturated rings. The van der Waals surface area contributed by atoms with Gasteiger partial charge in [-0.2, -0.15) is 0 Å². The maximum absolute atomic E-state index is 12.8. The van der Waals surface area contributed by atoms with Gasteiger partial charge in [-0.3, -0.25) is 9.59 Å². The quantitative estimate of drug-likeness (QED) is 0.0345. The molecule has 0 amide bonds. The Morgan fingerprint density at radius 2 is 0.583 bits per heavy atom. The summed E-state index contributed by atoms with van der Waals surface area (Å²) in [6.45, 7) is 7.15. The van der Waals surface area contributed by atoms with Crippen LogP contribution < -0.4 is 0 Å². The fraction of sp³-hybridized carbons (Fsp3) is 0.463. The molecule has 0 bridgehead atoms. The fourth-order valence-electron chi connectivity index (χ4n) is 6.35. The molecule has 0 saturated heterocycles. The van der Waals surface area contributed by atoms with Gasteiger partial charge in [0.05, 0.1) is 6.61 Å². The smallest absolute Gasteiger partial charge is 0.306 e. The molecule has 1 unspecified atom stereocenters. The molecule has 0 aromatic heterocycles. The summed E-state index contributed by atoms with van der Waals surface area (Å²) in [5, 5.41) is 0. The van der Waals surface area contributed by atoms with Gasteiger partial charge in [0.2, 0.25) is 0 Å². The Bertz CT molecular complexity index is 1780. The molecule has 1 atom stereocenters. The molecule has 0 aliphatic rings. The van der Waals surface area contributed by atoms with Gasteiger partial charge in [0, 0.05) is 19.4 Å². The number of unbranched alkanes of at least 4 members (excludes halogenated alkanes) is 2. The third kappa shape index (κ3) is 57.1. The molecular weight excluding hydrogens is 885 g/mol. The summed E-state index contributed by atoms with van der Waals surface area (Å²) >= 11 is 0. The molecule has 0 N–H and O–H groups in total. The van der Waals surface area contributed by atoms with Crippen LogP contribution in [0, 0.1) is 0 Å². The van der Waals surface area contributed by atoms with Gasteiger partial charge >= 0.3 is 11.9 Å². The number of allylic oxidation sites excluding steroid dienone is 34. The highest BCUT2D eigenvalue weighted by Gasteiger charge is 2.17. The van der Waals surface area contributed by atoms with E-state index in [0.29, 0.717) is 25.9 Å². The van der Waals surface area contributed by atoms with Crippen molar-refractivity contribution in [3.63, 3.8) is 0 Å². The van der Waals surface area contributed by atoms with Gasteiger partial charge in [-0.25, -0.2) is 0 Å². The third-order valence-corrected chi connectivity index (χ3v) is 10.3. The van der Waals surface area contributed by atoms with E-state index in [9.17, 15) is 9.59 Å². The molecule has 72 heavy (non-hydrogen) atoms. The molecule has 0 aliphatic carbocycles. The first kappa shape index (κ1) is 66.5. The van der Waals surface area contributed by atoms with Crippen LogP contribution in [0.4, 0.5) is 0 Å². The molecular formula is C67H98O5. The van der Waals surface area contributed by atoms with Gasteiger partial charge in [-0.15, -0.1) is 0 Å². The van der Waals surface area contributed by atoms with Crippen molar-refractivity contribution in [3.05, 3.63) is 207 Å². The van der Waals surface area contributed by atoms with Crippen molar-refractivity contribution in [2.24, 2.45) is 0 Å². The van der Waals surface area contributed by atoms with Crippen molar-refractivity contribution < 1.29 is 23.8 Å². The molecule has 0 heterocycles. The van der Waals surface area contributed by atoms with Crippen molar-refractivity contribution >= 4 is 11.9 Å². The lowest BCUT2D eigenvalue weighted by Gasteiger charge is -2.18. The molecule has 0 aromatic rings. The Balaban J connectivity index is 4.65. The monoisotopic (exact) mass is 983 g/mol. The van der Waals surface area contributed by atoms with Crippen molar-refractivity contribution in [3.8, 4) is 0 Å². The van der Waals surface area contributed by atoms with E-state index in [2.05, 4.69) is 221 Å². The molecule has 0 radical (unpaired) electrons. The molecule has 0 rings (SSSR count). The van der Waals surface area contributed by atoms with Gasteiger partial charge in [-0.05, 0) is 141 Å². The summed E-state index contributed by atoms with van der Waals surface area (Å²) < 4.78 is 17.2. The van der Waals surface area contributed by atoms with Crippen LogP contribution in [0.25, 0.3) is 0 Å². The second-order valence-corrected chi connectivity index (χ2v) is 17.0. The van der Waals surface area contributed by atoms with Crippen LogP contribution in [0.3, 0.4) is 0 Å². The number of rotatable bonds is 47. The van der Waals surface area contributed by atoms with Gasteiger partial charge in [-0.1, -0.05) is 227 Å². The maximum atomic E-state index is 12.8. The average Bonchev–Trinajstić information content (AvgIpc) is 3.38. The zero-order valence-corrected chi connectivity index (χ0v) is 45.3. The molecule has 0 aromatic carbocycles. The lowest BCUT2D eigenvalue weighted by molar-refractivity contribution is -0.162. The first-order valence-corrected chi connectivity index (χ1v) is 27.6. The Morgan fingerprint density at radius 1 is 0.306 bits per heavy atom. The standard InChI is InChI=1S/C67H98O5/c1-4-7-10-13-16-19-22-25-28-31-33-35-38-41-44-47-50-53-56-59-62-70-63-65(72-67(69)61-58-55-52-49-46-43-40-36-30-27-24-21-18-15-12-9-6-3)64-71-66(68)60-57-54-51-48-45-42-39-37-34-32-29-26-23-20-17-14-11-8-5-2/h7-12,16-21,25-30,33-35,37,40-45,49-54,65H,4-6,13-15,22-24,31-32,36,38-39,46-48,55-64H2,1-3H3/b10-7-,11-8-,12-9-,19-16-,20-17-,21-18-,28-25-,29-26-,30-27-,35-33-,37-34-,43-40-,44-41-,45-42-,52-49-,53-50-,54-51-. The first-order valence-electron chi connectivity index (χ1n) is 27.6. The maximum Gasteiger partial charge on any atom is 0.306 e. The summed E-state index contributed by atoms with van der Waals surface area (Å²) in [6, 6.07) is 0. The fourth-order valence-corrected chi connectivity index (χ4v) is 6.35.